The van der Waals surface area contributed by atoms with E-state index in [9.17, 15) is 0 Å². The lowest BCUT2D eigenvalue weighted by atomic mass is 9.73. The molecule has 3 aromatic carbocycles. The molecule has 8 aliphatic rings. The van der Waals surface area contributed by atoms with Gasteiger partial charge in [-0.15, -0.1) is 0 Å². The molecule has 0 aromatic heterocycles. The van der Waals surface area contributed by atoms with Gasteiger partial charge in [0.05, 0.1) is 0 Å². The van der Waals surface area contributed by atoms with E-state index in [2.05, 4.69) is 158 Å². The summed E-state index contributed by atoms with van der Waals surface area (Å²) < 4.78 is 0. The van der Waals surface area contributed by atoms with Crippen molar-refractivity contribution in [2.45, 2.75) is 57.3 Å². The predicted molar refractivity (Wildman–Crippen MR) is 228 cm³/mol. The second-order valence-corrected chi connectivity index (χ2v) is 16.4. The molecular weight excluding hydrogens is 649 g/mol. The molecule has 0 heterocycles. The topological polar surface area (TPSA) is 0 Å². The first-order chi connectivity index (χ1) is 26.7. The summed E-state index contributed by atoms with van der Waals surface area (Å²) in [6.07, 6.45) is 47.3. The SMILES string of the molecule is C1=CC2C=Cc3cc(C4=CCCC(C5=CC6=C(CC5)c5ccc(-c7cccc(C8=CC9C=CC%10=C(C=CCC%10)C9C=C8)c7)cc5CC6)=C4)ccc3C2C=C1. The minimum atomic E-state index is 0.437. The molecule has 0 amide bonds. The van der Waals surface area contributed by atoms with Crippen LogP contribution in [0.5, 0.6) is 0 Å². The van der Waals surface area contributed by atoms with Crippen LogP contribution in [0.1, 0.15) is 84.2 Å². The molecule has 0 N–H and O–H groups in total. The Kier molecular flexibility index (Phi) is 7.79. The fourth-order valence-corrected chi connectivity index (χ4v) is 10.5. The Balaban J connectivity index is 0.827. The molecule has 262 valence electrons. The van der Waals surface area contributed by atoms with Crippen LogP contribution in [-0.2, 0) is 6.42 Å². The fraction of sp³-hybridized carbons (Fsp3) is 0.222. The molecule has 0 spiro atoms. The largest absolute Gasteiger partial charge is 0.0839 e. The molecular formula is C54H46. The van der Waals surface area contributed by atoms with Gasteiger partial charge >= 0.3 is 0 Å². The lowest BCUT2D eigenvalue weighted by molar-refractivity contribution is 0.622. The lowest BCUT2D eigenvalue weighted by Gasteiger charge is -2.31. The zero-order valence-corrected chi connectivity index (χ0v) is 31.0. The van der Waals surface area contributed by atoms with E-state index >= 15 is 0 Å². The molecule has 0 radical (unpaired) electrons. The quantitative estimate of drug-likeness (QED) is 0.255. The van der Waals surface area contributed by atoms with E-state index < -0.39 is 0 Å². The van der Waals surface area contributed by atoms with Crippen LogP contribution in [0.15, 0.2) is 180 Å². The maximum Gasteiger partial charge on any atom is 0.0125 e. The number of benzene rings is 3. The Bertz CT molecular complexity index is 2500. The number of fused-ring (bicyclic) bond motifs is 7. The van der Waals surface area contributed by atoms with Gasteiger partial charge < -0.3 is 0 Å². The average Bonchev–Trinajstić information content (AvgIpc) is 3.25. The molecule has 4 atom stereocenters. The van der Waals surface area contributed by atoms with Gasteiger partial charge in [-0.25, -0.2) is 0 Å². The first-order valence-electron chi connectivity index (χ1n) is 20.4. The van der Waals surface area contributed by atoms with Crippen LogP contribution in [0, 0.1) is 17.8 Å². The Hall–Kier alpha value is -5.46. The van der Waals surface area contributed by atoms with Gasteiger partial charge in [0, 0.05) is 23.7 Å². The van der Waals surface area contributed by atoms with E-state index in [-0.39, 0.29) is 0 Å². The maximum absolute atomic E-state index is 2.58. The first kappa shape index (κ1) is 32.0. The van der Waals surface area contributed by atoms with Crippen LogP contribution in [0.25, 0.3) is 33.9 Å². The van der Waals surface area contributed by atoms with Crippen molar-refractivity contribution in [3.05, 3.63) is 213 Å². The highest BCUT2D eigenvalue weighted by Gasteiger charge is 2.29. The van der Waals surface area contributed by atoms with Crippen LogP contribution in [0.2, 0.25) is 0 Å². The van der Waals surface area contributed by atoms with Crippen LogP contribution in [0.4, 0.5) is 0 Å². The average molecular weight is 695 g/mol. The molecule has 0 aliphatic heterocycles. The highest BCUT2D eigenvalue weighted by Crippen LogP contribution is 2.45. The van der Waals surface area contributed by atoms with E-state index in [4.69, 9.17) is 0 Å². The summed E-state index contributed by atoms with van der Waals surface area (Å²) in [5.74, 6) is 1.87. The van der Waals surface area contributed by atoms with Crippen molar-refractivity contribution in [2.24, 2.45) is 17.8 Å². The van der Waals surface area contributed by atoms with Crippen LogP contribution < -0.4 is 0 Å². The summed E-state index contributed by atoms with van der Waals surface area (Å²) in [7, 11) is 0. The molecule has 11 rings (SSSR count). The van der Waals surface area contributed by atoms with Crippen molar-refractivity contribution in [1.29, 1.82) is 0 Å². The minimum Gasteiger partial charge on any atom is -0.0839 e. The zero-order chi connectivity index (χ0) is 35.6. The van der Waals surface area contributed by atoms with E-state index in [1.54, 1.807) is 22.3 Å². The first-order valence-corrected chi connectivity index (χ1v) is 20.4. The summed E-state index contributed by atoms with van der Waals surface area (Å²) in [5, 5.41) is 0. The minimum absolute atomic E-state index is 0.437. The van der Waals surface area contributed by atoms with Gasteiger partial charge in [0.1, 0.15) is 0 Å². The normalized spacial score (nSPS) is 25.8. The van der Waals surface area contributed by atoms with Gasteiger partial charge in [0.15, 0.2) is 0 Å². The van der Waals surface area contributed by atoms with E-state index in [0.29, 0.717) is 23.7 Å². The van der Waals surface area contributed by atoms with Crippen molar-refractivity contribution in [3.8, 4) is 11.1 Å². The van der Waals surface area contributed by atoms with Gasteiger partial charge in [-0.05, 0) is 153 Å². The summed E-state index contributed by atoms with van der Waals surface area (Å²) in [6, 6.07) is 23.7. The molecule has 54 heavy (non-hydrogen) atoms. The second-order valence-electron chi connectivity index (χ2n) is 16.4. The molecule has 8 aliphatic carbocycles. The highest BCUT2D eigenvalue weighted by atomic mass is 14.3. The Morgan fingerprint density at radius 3 is 2.39 bits per heavy atom. The zero-order valence-electron chi connectivity index (χ0n) is 31.0. The molecule has 0 bridgehead atoms. The second kappa shape index (κ2) is 13.1. The van der Waals surface area contributed by atoms with Crippen molar-refractivity contribution in [1.82, 2.24) is 0 Å². The molecule has 0 saturated carbocycles. The Morgan fingerprint density at radius 2 is 1.39 bits per heavy atom. The van der Waals surface area contributed by atoms with Crippen LogP contribution in [-0.4, -0.2) is 0 Å². The van der Waals surface area contributed by atoms with Crippen LogP contribution in [0.3, 0.4) is 0 Å². The summed E-state index contributed by atoms with van der Waals surface area (Å²) in [6.45, 7) is 0. The van der Waals surface area contributed by atoms with Crippen molar-refractivity contribution < 1.29 is 0 Å². The van der Waals surface area contributed by atoms with Gasteiger partial charge in [0.2, 0.25) is 0 Å². The number of hydrogen-bond acceptors (Lipinski definition) is 0. The van der Waals surface area contributed by atoms with E-state index in [1.165, 1.54) is 79.6 Å². The molecule has 0 fully saturated rings. The van der Waals surface area contributed by atoms with E-state index in [1.807, 2.05) is 0 Å². The van der Waals surface area contributed by atoms with E-state index in [0.717, 1.165) is 38.5 Å². The summed E-state index contributed by atoms with van der Waals surface area (Å²) >= 11 is 0. The smallest absolute Gasteiger partial charge is 0.0125 e. The third-order valence-electron chi connectivity index (χ3n) is 13.4. The van der Waals surface area contributed by atoms with Crippen molar-refractivity contribution in [2.75, 3.05) is 0 Å². The molecule has 0 saturated heterocycles. The summed E-state index contributed by atoms with van der Waals surface area (Å²) in [4.78, 5) is 0. The number of aryl methyl sites for hydroxylation is 1. The van der Waals surface area contributed by atoms with Gasteiger partial charge in [-0.2, -0.15) is 0 Å². The van der Waals surface area contributed by atoms with Gasteiger partial charge in [0.25, 0.3) is 0 Å². The Labute approximate surface area is 320 Å². The molecule has 3 aromatic rings. The van der Waals surface area contributed by atoms with Crippen LogP contribution >= 0.6 is 0 Å². The predicted octanol–water partition coefficient (Wildman–Crippen LogP) is 13.8. The molecule has 0 nitrogen and oxygen atoms in total. The van der Waals surface area contributed by atoms with Gasteiger partial charge in [-0.1, -0.05) is 146 Å². The molecule has 4 unspecified atom stereocenters. The third-order valence-corrected chi connectivity index (χ3v) is 13.4. The maximum atomic E-state index is 2.58. The number of hydrogen-bond donors (Lipinski definition) is 0. The highest BCUT2D eigenvalue weighted by molar-refractivity contribution is 5.84. The lowest BCUT2D eigenvalue weighted by Crippen LogP contribution is -2.19. The Morgan fingerprint density at radius 1 is 0.519 bits per heavy atom. The standard InChI is InChI=1S/C54H46/c1-3-13-49-35(7-1)15-17-45-31-41(21-25-51(45)49)37-9-5-11-39(29-37)43-23-27-53-47(33-43)19-20-48-34-44(24-28-54(48)53)40-12-6-10-38(30-40)42-22-26-52-46(32-42)18-16-36-8-2-4-14-50(36)52/h1,3-4,6-7,9-10,12-18,21-22,24-26,28-35,46,49,52H,2,5,8,11,19-20,23,27H2. The fourth-order valence-electron chi connectivity index (χ4n) is 10.5. The summed E-state index contributed by atoms with van der Waals surface area (Å²) in [5.41, 5.74) is 23.2. The monoisotopic (exact) mass is 694 g/mol. The van der Waals surface area contributed by atoms with Crippen molar-refractivity contribution in [3.63, 3.8) is 0 Å². The van der Waals surface area contributed by atoms with Gasteiger partial charge in [-0.3, -0.25) is 0 Å². The number of rotatable bonds is 4. The molecule has 0 heteroatoms. The number of allylic oxidation sites excluding steroid dienone is 23. The third kappa shape index (κ3) is 5.58. The van der Waals surface area contributed by atoms with Crippen molar-refractivity contribution >= 4 is 22.8 Å².